The SMILES string of the molecule is CC(=O)CN1CCN(CC(C)=O)CCN(CC(C)=O)CCN(CC(C)=O)CC1. The molecule has 8 heteroatoms. The highest BCUT2D eigenvalue weighted by atomic mass is 16.1. The van der Waals surface area contributed by atoms with E-state index in [0.29, 0.717) is 78.5 Å². The minimum Gasteiger partial charge on any atom is -0.299 e. The van der Waals surface area contributed by atoms with Gasteiger partial charge in [0.15, 0.2) is 0 Å². The zero-order valence-electron chi connectivity index (χ0n) is 17.9. The number of hydrogen-bond acceptors (Lipinski definition) is 8. The monoisotopic (exact) mass is 396 g/mol. The van der Waals surface area contributed by atoms with Crippen LogP contribution in [0.5, 0.6) is 0 Å². The number of hydrogen-bond donors (Lipinski definition) is 0. The van der Waals surface area contributed by atoms with Crippen molar-refractivity contribution in [2.45, 2.75) is 27.7 Å². The van der Waals surface area contributed by atoms with Crippen molar-refractivity contribution in [1.82, 2.24) is 19.6 Å². The van der Waals surface area contributed by atoms with Crippen molar-refractivity contribution in [2.75, 3.05) is 78.5 Å². The maximum Gasteiger partial charge on any atom is 0.143 e. The number of nitrogens with zero attached hydrogens (tertiary/aromatic N) is 4. The molecule has 1 rings (SSSR count). The summed E-state index contributed by atoms with van der Waals surface area (Å²) < 4.78 is 0. The van der Waals surface area contributed by atoms with E-state index >= 15 is 0 Å². The van der Waals surface area contributed by atoms with Gasteiger partial charge < -0.3 is 0 Å². The Morgan fingerprint density at radius 1 is 0.429 bits per heavy atom. The van der Waals surface area contributed by atoms with Gasteiger partial charge in [-0.1, -0.05) is 0 Å². The average Bonchev–Trinajstić information content (AvgIpc) is 2.55. The molecule has 0 aliphatic carbocycles. The second kappa shape index (κ2) is 12.9. The van der Waals surface area contributed by atoms with E-state index in [0.717, 1.165) is 0 Å². The second-order valence-electron chi connectivity index (χ2n) is 7.91. The van der Waals surface area contributed by atoms with Crippen LogP contribution in [0.25, 0.3) is 0 Å². The molecule has 0 saturated carbocycles. The van der Waals surface area contributed by atoms with Crippen molar-refractivity contribution in [2.24, 2.45) is 0 Å². The molecule has 1 saturated heterocycles. The van der Waals surface area contributed by atoms with Crippen molar-refractivity contribution >= 4 is 23.1 Å². The fourth-order valence-corrected chi connectivity index (χ4v) is 3.47. The summed E-state index contributed by atoms with van der Waals surface area (Å²) in [5.41, 5.74) is 0. The molecule has 8 nitrogen and oxygen atoms in total. The van der Waals surface area contributed by atoms with Crippen molar-refractivity contribution < 1.29 is 19.2 Å². The highest BCUT2D eigenvalue weighted by molar-refractivity contribution is 5.78. The molecular formula is C20H36N4O4. The Hall–Kier alpha value is -1.48. The first-order valence-corrected chi connectivity index (χ1v) is 10.0. The standard InChI is InChI=1S/C20H36N4O4/c1-17(25)13-21-5-7-22(14-18(2)26)9-11-24(16-20(4)28)12-10-23(8-6-21)15-19(3)27/h5-16H2,1-4H3. The Bertz CT molecular complexity index is 440. The Morgan fingerprint density at radius 3 is 0.679 bits per heavy atom. The van der Waals surface area contributed by atoms with Gasteiger partial charge in [-0.15, -0.1) is 0 Å². The van der Waals surface area contributed by atoms with Gasteiger partial charge in [0.25, 0.3) is 0 Å². The summed E-state index contributed by atoms with van der Waals surface area (Å²) in [6, 6.07) is 0. The first-order chi connectivity index (χ1) is 13.2. The van der Waals surface area contributed by atoms with Crippen LogP contribution < -0.4 is 0 Å². The van der Waals surface area contributed by atoms with E-state index in [9.17, 15) is 19.2 Å². The van der Waals surface area contributed by atoms with Gasteiger partial charge in [-0.2, -0.15) is 0 Å². The van der Waals surface area contributed by atoms with Crippen LogP contribution >= 0.6 is 0 Å². The van der Waals surface area contributed by atoms with Crippen molar-refractivity contribution in [1.29, 1.82) is 0 Å². The van der Waals surface area contributed by atoms with Gasteiger partial charge in [0.2, 0.25) is 0 Å². The first kappa shape index (κ1) is 24.6. The summed E-state index contributed by atoms with van der Waals surface area (Å²) in [4.78, 5) is 54.9. The van der Waals surface area contributed by atoms with Gasteiger partial charge in [0.1, 0.15) is 23.1 Å². The lowest BCUT2D eigenvalue weighted by molar-refractivity contribution is -0.120. The van der Waals surface area contributed by atoms with Crippen LogP contribution in [0.1, 0.15) is 27.7 Å². The van der Waals surface area contributed by atoms with Crippen molar-refractivity contribution in [3.63, 3.8) is 0 Å². The minimum atomic E-state index is 0.107. The van der Waals surface area contributed by atoms with Gasteiger partial charge in [0, 0.05) is 52.4 Å². The second-order valence-corrected chi connectivity index (χ2v) is 7.91. The summed E-state index contributed by atoms with van der Waals surface area (Å²) in [7, 11) is 0. The van der Waals surface area contributed by atoms with Crippen molar-refractivity contribution in [3.05, 3.63) is 0 Å². The number of ketones is 4. The van der Waals surface area contributed by atoms with Gasteiger partial charge in [-0.25, -0.2) is 0 Å². The number of Topliss-reactive ketones (excluding diaryl/α,β-unsaturated/α-hetero) is 4. The highest BCUT2D eigenvalue weighted by Crippen LogP contribution is 2.02. The lowest BCUT2D eigenvalue weighted by atomic mass is 10.2. The predicted molar refractivity (Wildman–Crippen MR) is 108 cm³/mol. The van der Waals surface area contributed by atoms with E-state index in [4.69, 9.17) is 0 Å². The van der Waals surface area contributed by atoms with Crippen LogP contribution in [0.2, 0.25) is 0 Å². The highest BCUT2D eigenvalue weighted by Gasteiger charge is 2.19. The Labute approximate surface area is 168 Å². The van der Waals surface area contributed by atoms with Crippen LogP contribution in [0.4, 0.5) is 0 Å². The minimum absolute atomic E-state index is 0.107. The molecule has 1 aliphatic heterocycles. The number of carbonyl (C=O) groups excluding carboxylic acids is 4. The average molecular weight is 397 g/mol. The topological polar surface area (TPSA) is 81.2 Å². The third kappa shape index (κ3) is 11.4. The number of rotatable bonds is 8. The molecule has 0 bridgehead atoms. The molecule has 0 atom stereocenters. The lowest BCUT2D eigenvalue weighted by Gasteiger charge is -2.33. The lowest BCUT2D eigenvalue weighted by Crippen LogP contribution is -2.48. The summed E-state index contributed by atoms with van der Waals surface area (Å²) in [5, 5.41) is 0. The summed E-state index contributed by atoms with van der Waals surface area (Å²) in [6.45, 7) is 13.3. The zero-order valence-corrected chi connectivity index (χ0v) is 17.9. The van der Waals surface area contributed by atoms with Gasteiger partial charge in [0.05, 0.1) is 26.2 Å². The molecule has 0 aromatic carbocycles. The molecule has 0 aromatic heterocycles. The van der Waals surface area contributed by atoms with E-state index in [2.05, 4.69) is 19.6 Å². The smallest absolute Gasteiger partial charge is 0.143 e. The zero-order chi connectivity index (χ0) is 21.1. The third-order valence-corrected chi connectivity index (χ3v) is 4.71. The van der Waals surface area contributed by atoms with E-state index in [1.807, 2.05) is 0 Å². The maximum absolute atomic E-state index is 11.6. The van der Waals surface area contributed by atoms with Crippen LogP contribution in [0.15, 0.2) is 0 Å². The van der Waals surface area contributed by atoms with Crippen molar-refractivity contribution in [3.8, 4) is 0 Å². The van der Waals surface area contributed by atoms with Gasteiger partial charge in [-0.3, -0.25) is 38.8 Å². The summed E-state index contributed by atoms with van der Waals surface area (Å²) in [5.74, 6) is 0.429. The van der Waals surface area contributed by atoms with E-state index in [-0.39, 0.29) is 23.1 Å². The Morgan fingerprint density at radius 2 is 0.571 bits per heavy atom. The van der Waals surface area contributed by atoms with E-state index in [1.54, 1.807) is 27.7 Å². The molecule has 160 valence electrons. The van der Waals surface area contributed by atoms with E-state index in [1.165, 1.54) is 0 Å². The molecule has 0 N–H and O–H groups in total. The number of carbonyl (C=O) groups is 4. The molecule has 0 aromatic rings. The van der Waals surface area contributed by atoms with Gasteiger partial charge >= 0.3 is 0 Å². The first-order valence-electron chi connectivity index (χ1n) is 10.0. The third-order valence-electron chi connectivity index (χ3n) is 4.71. The molecule has 0 radical (unpaired) electrons. The van der Waals surface area contributed by atoms with Gasteiger partial charge in [-0.05, 0) is 27.7 Å². The Balaban J connectivity index is 2.90. The van der Waals surface area contributed by atoms with Crippen LogP contribution in [-0.4, -0.2) is 121 Å². The molecule has 28 heavy (non-hydrogen) atoms. The maximum atomic E-state index is 11.6. The van der Waals surface area contributed by atoms with Crippen LogP contribution in [0, 0.1) is 0 Å². The van der Waals surface area contributed by atoms with Crippen LogP contribution in [-0.2, 0) is 19.2 Å². The molecule has 1 fully saturated rings. The quantitative estimate of drug-likeness (QED) is 0.546. The Kier molecular flexibility index (Phi) is 11.3. The largest absolute Gasteiger partial charge is 0.299 e. The fraction of sp³-hybridized carbons (Fsp3) is 0.800. The molecule has 0 unspecified atom stereocenters. The molecule has 1 heterocycles. The molecule has 0 spiro atoms. The molecule has 0 amide bonds. The van der Waals surface area contributed by atoms with Crippen LogP contribution in [0.3, 0.4) is 0 Å². The normalized spacial score (nSPS) is 19.6. The fourth-order valence-electron chi connectivity index (χ4n) is 3.47. The summed E-state index contributed by atoms with van der Waals surface area (Å²) >= 11 is 0. The van der Waals surface area contributed by atoms with E-state index < -0.39 is 0 Å². The molecular weight excluding hydrogens is 360 g/mol. The summed E-state index contributed by atoms with van der Waals surface area (Å²) in [6.07, 6.45) is 0. The molecule has 1 aliphatic rings. The predicted octanol–water partition coefficient (Wildman–Crippen LogP) is -0.436.